The van der Waals surface area contributed by atoms with E-state index in [9.17, 15) is 13.2 Å². The Labute approximate surface area is 160 Å². The van der Waals surface area contributed by atoms with Gasteiger partial charge < -0.3 is 9.64 Å². The zero-order valence-electron chi connectivity index (χ0n) is 16.0. The minimum absolute atomic E-state index is 0.0868. The van der Waals surface area contributed by atoms with Crippen LogP contribution in [-0.4, -0.2) is 46.0 Å². The summed E-state index contributed by atoms with van der Waals surface area (Å²) in [5, 5.41) is 0. The molecule has 1 heterocycles. The highest BCUT2D eigenvalue weighted by Gasteiger charge is 2.36. The first-order chi connectivity index (χ1) is 12.7. The third-order valence-corrected chi connectivity index (χ3v) is 6.62. The van der Waals surface area contributed by atoms with Crippen molar-refractivity contribution in [3.8, 4) is 5.75 Å². The summed E-state index contributed by atoms with van der Waals surface area (Å²) >= 11 is 0. The van der Waals surface area contributed by atoms with Gasteiger partial charge in [0, 0.05) is 20.1 Å². The topological polar surface area (TPSA) is 66.9 Å². The summed E-state index contributed by atoms with van der Waals surface area (Å²) in [7, 11) is -0.371. The zero-order chi connectivity index (χ0) is 19.8. The lowest BCUT2D eigenvalue weighted by Gasteiger charge is -2.25. The number of hydrogen-bond acceptors (Lipinski definition) is 4. The van der Waals surface area contributed by atoms with Gasteiger partial charge in [0.15, 0.2) is 6.61 Å². The van der Waals surface area contributed by atoms with Crippen LogP contribution in [0.2, 0.25) is 0 Å². The maximum atomic E-state index is 13.3. The number of amides is 1. The first kappa shape index (κ1) is 19.2. The minimum atomic E-state index is -3.68. The second-order valence-electron chi connectivity index (χ2n) is 6.99. The number of rotatable bonds is 5. The lowest BCUT2D eigenvalue weighted by molar-refractivity contribution is -0.130. The predicted molar refractivity (Wildman–Crippen MR) is 105 cm³/mol. The molecule has 0 fully saturated rings. The van der Waals surface area contributed by atoms with Crippen LogP contribution in [0.5, 0.6) is 5.75 Å². The third kappa shape index (κ3) is 3.64. The van der Waals surface area contributed by atoms with Crippen molar-refractivity contribution in [1.29, 1.82) is 0 Å². The quantitative estimate of drug-likeness (QED) is 0.790. The molecule has 144 valence electrons. The predicted octanol–water partition coefficient (Wildman–Crippen LogP) is 2.60. The molecule has 3 rings (SSSR count). The number of ether oxygens (including phenoxy) is 1. The van der Waals surface area contributed by atoms with E-state index in [2.05, 4.69) is 0 Å². The van der Waals surface area contributed by atoms with Crippen molar-refractivity contribution in [3.05, 3.63) is 53.6 Å². The number of likely N-dealkylation sites (N-methyl/N-ethyl adjacent to an activating group) is 1. The van der Waals surface area contributed by atoms with E-state index < -0.39 is 10.0 Å². The Kier molecular flexibility index (Phi) is 5.15. The van der Waals surface area contributed by atoms with Crippen LogP contribution in [0.25, 0.3) is 0 Å². The summed E-state index contributed by atoms with van der Waals surface area (Å²) in [6.45, 7) is 3.60. The van der Waals surface area contributed by atoms with Crippen LogP contribution in [0, 0.1) is 6.92 Å². The maximum absolute atomic E-state index is 13.3. The second kappa shape index (κ2) is 7.23. The lowest BCUT2D eigenvalue weighted by Crippen LogP contribution is -2.35. The van der Waals surface area contributed by atoms with E-state index in [1.54, 1.807) is 33.2 Å². The van der Waals surface area contributed by atoms with Crippen molar-refractivity contribution in [1.82, 2.24) is 4.90 Å². The largest absolute Gasteiger partial charge is 0.483 e. The number of carbonyl (C=O) groups is 1. The van der Waals surface area contributed by atoms with E-state index >= 15 is 0 Å². The SMILES string of the molecule is Cc1cc(S(=O)(=O)N2c3ccccc3CC2C)ccc1OCC(=O)N(C)C. The van der Waals surface area contributed by atoms with E-state index in [0.717, 1.165) is 11.3 Å². The molecule has 0 N–H and O–H groups in total. The maximum Gasteiger partial charge on any atom is 0.264 e. The molecule has 6 nitrogen and oxygen atoms in total. The summed E-state index contributed by atoms with van der Waals surface area (Å²) in [6.07, 6.45) is 0.697. The molecule has 0 saturated carbocycles. The molecule has 0 spiro atoms. The molecule has 1 amide bonds. The molecule has 0 radical (unpaired) electrons. The van der Waals surface area contributed by atoms with Crippen LogP contribution in [0.15, 0.2) is 47.4 Å². The number of anilines is 1. The van der Waals surface area contributed by atoms with Crippen LogP contribution in [-0.2, 0) is 21.2 Å². The summed E-state index contributed by atoms with van der Waals surface area (Å²) in [6, 6.07) is 12.2. The molecular formula is C20H24N2O4S. The molecule has 2 aromatic rings. The molecule has 0 saturated heterocycles. The molecule has 1 atom stereocenters. The number of hydrogen-bond donors (Lipinski definition) is 0. The number of benzene rings is 2. The van der Waals surface area contributed by atoms with Crippen LogP contribution >= 0.6 is 0 Å². The summed E-state index contributed by atoms with van der Waals surface area (Å²) < 4.78 is 33.5. The van der Waals surface area contributed by atoms with Crippen molar-refractivity contribution in [2.24, 2.45) is 0 Å². The fourth-order valence-electron chi connectivity index (χ4n) is 3.23. The van der Waals surface area contributed by atoms with Gasteiger partial charge in [0.05, 0.1) is 10.6 Å². The summed E-state index contributed by atoms with van der Waals surface area (Å²) in [4.78, 5) is 13.3. The standard InChI is InChI=1S/C20H24N2O4S/c1-14-11-17(9-10-19(14)26-13-20(23)21(3)4)27(24,25)22-15(2)12-16-7-5-6-8-18(16)22/h5-11,15H,12-13H2,1-4H3. The Hall–Kier alpha value is -2.54. The molecule has 1 aliphatic rings. The highest BCUT2D eigenvalue weighted by molar-refractivity contribution is 7.92. The van der Waals surface area contributed by atoms with Crippen molar-refractivity contribution in [2.75, 3.05) is 25.0 Å². The van der Waals surface area contributed by atoms with E-state index in [0.29, 0.717) is 17.7 Å². The Morgan fingerprint density at radius 1 is 1.22 bits per heavy atom. The number of nitrogens with zero attached hydrogens (tertiary/aromatic N) is 2. The van der Waals surface area contributed by atoms with Gasteiger partial charge in [0.25, 0.3) is 15.9 Å². The Morgan fingerprint density at radius 2 is 1.93 bits per heavy atom. The molecule has 1 unspecified atom stereocenters. The molecule has 7 heteroatoms. The van der Waals surface area contributed by atoms with Gasteiger partial charge in [-0.25, -0.2) is 8.42 Å². The minimum Gasteiger partial charge on any atom is -0.483 e. The van der Waals surface area contributed by atoms with Gasteiger partial charge in [-0.15, -0.1) is 0 Å². The zero-order valence-corrected chi connectivity index (χ0v) is 16.8. The highest BCUT2D eigenvalue weighted by atomic mass is 32.2. The summed E-state index contributed by atoms with van der Waals surface area (Å²) in [5.41, 5.74) is 2.44. The monoisotopic (exact) mass is 388 g/mol. The number of fused-ring (bicyclic) bond motifs is 1. The van der Waals surface area contributed by atoms with Crippen molar-refractivity contribution in [3.63, 3.8) is 0 Å². The molecule has 1 aliphatic heterocycles. The number of aryl methyl sites for hydroxylation is 1. The molecule has 0 aromatic heterocycles. The van der Waals surface area contributed by atoms with Gasteiger partial charge in [0.2, 0.25) is 0 Å². The number of sulfonamides is 1. The van der Waals surface area contributed by atoms with E-state index in [-0.39, 0.29) is 23.5 Å². The highest BCUT2D eigenvalue weighted by Crippen LogP contribution is 2.37. The Balaban J connectivity index is 1.88. The van der Waals surface area contributed by atoms with Crippen LogP contribution in [0.3, 0.4) is 0 Å². The number of para-hydroxylation sites is 1. The normalized spacial score (nSPS) is 16.1. The van der Waals surface area contributed by atoms with Crippen molar-refractivity contribution >= 4 is 21.6 Å². The van der Waals surface area contributed by atoms with E-state index in [1.807, 2.05) is 31.2 Å². The van der Waals surface area contributed by atoms with Crippen LogP contribution < -0.4 is 9.04 Å². The Bertz CT molecular complexity index is 970. The Morgan fingerprint density at radius 3 is 2.59 bits per heavy atom. The van der Waals surface area contributed by atoms with Gasteiger partial charge >= 0.3 is 0 Å². The van der Waals surface area contributed by atoms with E-state index in [1.165, 1.54) is 15.3 Å². The smallest absolute Gasteiger partial charge is 0.264 e. The first-order valence-corrected chi connectivity index (χ1v) is 10.2. The molecular weight excluding hydrogens is 364 g/mol. The van der Waals surface area contributed by atoms with Gasteiger partial charge in [-0.1, -0.05) is 18.2 Å². The van der Waals surface area contributed by atoms with E-state index in [4.69, 9.17) is 4.74 Å². The van der Waals surface area contributed by atoms with Crippen LogP contribution in [0.1, 0.15) is 18.1 Å². The van der Waals surface area contributed by atoms with Crippen LogP contribution in [0.4, 0.5) is 5.69 Å². The van der Waals surface area contributed by atoms with Gasteiger partial charge in [0.1, 0.15) is 5.75 Å². The van der Waals surface area contributed by atoms with Crippen molar-refractivity contribution < 1.29 is 17.9 Å². The van der Waals surface area contributed by atoms with Gasteiger partial charge in [-0.3, -0.25) is 9.10 Å². The average molecular weight is 388 g/mol. The van der Waals surface area contributed by atoms with Crippen molar-refractivity contribution in [2.45, 2.75) is 31.2 Å². The van der Waals surface area contributed by atoms with Gasteiger partial charge in [-0.05, 0) is 55.7 Å². The molecule has 0 bridgehead atoms. The molecule has 0 aliphatic carbocycles. The average Bonchev–Trinajstić information content (AvgIpc) is 2.96. The first-order valence-electron chi connectivity index (χ1n) is 8.77. The second-order valence-corrected chi connectivity index (χ2v) is 8.80. The molecule has 27 heavy (non-hydrogen) atoms. The third-order valence-electron chi connectivity index (χ3n) is 4.70. The fraction of sp³-hybridized carbons (Fsp3) is 0.350. The fourth-order valence-corrected chi connectivity index (χ4v) is 5.01. The summed E-state index contributed by atoms with van der Waals surface area (Å²) in [5.74, 6) is 0.340. The van der Waals surface area contributed by atoms with Gasteiger partial charge in [-0.2, -0.15) is 0 Å². The lowest BCUT2D eigenvalue weighted by atomic mass is 10.1. The molecule has 2 aromatic carbocycles. The number of carbonyl (C=O) groups excluding carboxylic acids is 1.